The Morgan fingerprint density at radius 3 is 2.53 bits per heavy atom. The minimum atomic E-state index is -0.714. The molecule has 0 radical (unpaired) electrons. The Balaban J connectivity index is 1.51. The van der Waals surface area contributed by atoms with E-state index in [9.17, 15) is 19.2 Å². The van der Waals surface area contributed by atoms with E-state index < -0.39 is 30.4 Å². The number of carbonyl (C=O) groups is 4. The number of carbonyl (C=O) groups excluding carboxylic acids is 4. The molecule has 1 aliphatic heterocycles. The predicted octanol–water partition coefficient (Wildman–Crippen LogP) is 4.49. The van der Waals surface area contributed by atoms with Gasteiger partial charge in [0, 0.05) is 23.7 Å². The lowest BCUT2D eigenvalue weighted by molar-refractivity contribution is -0.151. The molecule has 2 aromatic carbocycles. The number of hydrogen-bond acceptors (Lipinski definition) is 6. The van der Waals surface area contributed by atoms with E-state index >= 15 is 0 Å². The molecule has 1 atom stereocenters. The van der Waals surface area contributed by atoms with Gasteiger partial charge in [0.1, 0.15) is 0 Å². The number of anilines is 2. The lowest BCUT2D eigenvalue weighted by atomic mass is 10.1. The summed E-state index contributed by atoms with van der Waals surface area (Å²) in [4.78, 5) is 50.5. The fourth-order valence-corrected chi connectivity index (χ4v) is 3.66. The number of hydrogen-bond donors (Lipinski definition) is 1. The number of nitrogens with one attached hydrogen (secondary N) is 1. The highest BCUT2D eigenvalue weighted by Crippen LogP contribution is 2.27. The van der Waals surface area contributed by atoms with Crippen molar-refractivity contribution in [3.05, 3.63) is 58.1 Å². The van der Waals surface area contributed by atoms with Gasteiger partial charge in [0.15, 0.2) is 6.61 Å². The fraction of sp³-hybridized carbons (Fsp3) is 0.333. The summed E-state index contributed by atoms with van der Waals surface area (Å²) in [5, 5.41) is 3.21. The average Bonchev–Trinajstić information content (AvgIpc) is 3.21. The molecule has 10 heteroatoms. The molecule has 1 aliphatic rings. The Labute approximate surface area is 207 Å². The molecule has 0 spiro atoms. The quantitative estimate of drug-likeness (QED) is 0.397. The molecule has 0 unspecified atom stereocenters. The summed E-state index contributed by atoms with van der Waals surface area (Å²) in [6, 6.07) is 11.0. The maximum Gasteiger partial charge on any atom is 0.338 e. The van der Waals surface area contributed by atoms with Gasteiger partial charge in [-0.1, -0.05) is 36.5 Å². The first-order valence-electron chi connectivity index (χ1n) is 10.8. The van der Waals surface area contributed by atoms with E-state index in [1.165, 1.54) is 17.0 Å². The summed E-state index contributed by atoms with van der Waals surface area (Å²) in [5.41, 5.74) is 1.24. The molecule has 0 saturated carbocycles. The topological polar surface area (TPSA) is 102 Å². The molecular formula is C24H24Cl2N2O6. The highest BCUT2D eigenvalue weighted by Gasteiger charge is 2.36. The number of amides is 2. The second kappa shape index (κ2) is 11.9. The normalized spacial score (nSPS) is 15.2. The molecule has 0 bridgehead atoms. The van der Waals surface area contributed by atoms with Crippen LogP contribution >= 0.6 is 23.2 Å². The summed E-state index contributed by atoms with van der Waals surface area (Å²) in [6.45, 7) is 1.95. The molecule has 1 fully saturated rings. The molecule has 3 rings (SSSR count). The van der Waals surface area contributed by atoms with Crippen molar-refractivity contribution in [1.82, 2.24) is 0 Å². The third-order valence-electron chi connectivity index (χ3n) is 5.15. The van der Waals surface area contributed by atoms with E-state index in [1.807, 2.05) is 6.92 Å². The maximum absolute atomic E-state index is 12.5. The third kappa shape index (κ3) is 6.71. The van der Waals surface area contributed by atoms with E-state index in [0.29, 0.717) is 33.6 Å². The van der Waals surface area contributed by atoms with Crippen molar-refractivity contribution >= 4 is 58.3 Å². The fourth-order valence-electron chi connectivity index (χ4n) is 3.32. The van der Waals surface area contributed by atoms with E-state index in [2.05, 4.69) is 5.32 Å². The monoisotopic (exact) mass is 506 g/mol. The van der Waals surface area contributed by atoms with Gasteiger partial charge in [0.05, 0.1) is 28.8 Å². The van der Waals surface area contributed by atoms with Crippen LogP contribution in [0, 0.1) is 5.92 Å². The molecule has 8 nitrogen and oxygen atoms in total. The van der Waals surface area contributed by atoms with Crippen molar-refractivity contribution in [2.24, 2.45) is 5.92 Å². The zero-order chi connectivity index (χ0) is 24.7. The van der Waals surface area contributed by atoms with Crippen LogP contribution in [0.25, 0.3) is 0 Å². The van der Waals surface area contributed by atoms with Gasteiger partial charge in [0.25, 0.3) is 5.91 Å². The van der Waals surface area contributed by atoms with Crippen molar-refractivity contribution in [2.45, 2.75) is 26.2 Å². The number of unbranched alkanes of at least 4 members (excludes halogenated alkanes) is 1. The van der Waals surface area contributed by atoms with E-state index in [1.54, 1.807) is 30.3 Å². The Kier molecular flexibility index (Phi) is 8.90. The zero-order valence-corrected chi connectivity index (χ0v) is 20.0. The molecule has 1 heterocycles. The van der Waals surface area contributed by atoms with Crippen LogP contribution < -0.4 is 10.2 Å². The van der Waals surface area contributed by atoms with E-state index in [0.717, 1.165) is 12.8 Å². The molecular weight excluding hydrogens is 483 g/mol. The average molecular weight is 507 g/mol. The second-order valence-corrected chi connectivity index (χ2v) is 8.57. The first-order valence-corrected chi connectivity index (χ1v) is 11.5. The molecule has 180 valence electrons. The number of ether oxygens (including phenoxy) is 2. The van der Waals surface area contributed by atoms with Gasteiger partial charge in [0.2, 0.25) is 5.91 Å². The van der Waals surface area contributed by atoms with Crippen molar-refractivity contribution in [3.63, 3.8) is 0 Å². The van der Waals surface area contributed by atoms with Gasteiger partial charge in [-0.3, -0.25) is 14.4 Å². The van der Waals surface area contributed by atoms with Gasteiger partial charge in [-0.25, -0.2) is 4.79 Å². The van der Waals surface area contributed by atoms with Gasteiger partial charge in [-0.15, -0.1) is 0 Å². The van der Waals surface area contributed by atoms with Crippen LogP contribution in [-0.4, -0.2) is 43.5 Å². The predicted molar refractivity (Wildman–Crippen MR) is 128 cm³/mol. The minimum absolute atomic E-state index is 0.0403. The largest absolute Gasteiger partial charge is 0.462 e. The number of nitrogens with zero attached hydrogens (tertiary/aromatic N) is 1. The summed E-state index contributed by atoms with van der Waals surface area (Å²) in [5.74, 6) is -2.63. The van der Waals surface area contributed by atoms with Crippen LogP contribution in [0.1, 0.15) is 36.5 Å². The van der Waals surface area contributed by atoms with Crippen LogP contribution in [0.4, 0.5) is 11.4 Å². The highest BCUT2D eigenvalue weighted by molar-refractivity contribution is 6.35. The lowest BCUT2D eigenvalue weighted by Crippen LogP contribution is -2.28. The Bertz CT molecular complexity index is 1070. The van der Waals surface area contributed by atoms with Crippen molar-refractivity contribution < 1.29 is 28.7 Å². The SMILES string of the molecule is CCCCOC(=O)c1ccc(N2C[C@H](C(=O)OCC(=O)Nc3cc(Cl)ccc3Cl)CC2=O)cc1. The summed E-state index contributed by atoms with van der Waals surface area (Å²) >= 11 is 11.9. The van der Waals surface area contributed by atoms with Crippen molar-refractivity contribution in [1.29, 1.82) is 0 Å². The number of rotatable bonds is 9. The standard InChI is InChI=1S/C24H24Cl2N2O6/c1-2-3-10-33-23(31)15-4-7-18(8-5-15)28-13-16(11-22(28)30)24(32)34-14-21(29)27-20-12-17(25)6-9-19(20)26/h4-9,12,16H,2-3,10-11,13-14H2,1H3,(H,27,29)/t16-/m1/s1. The summed E-state index contributed by atoms with van der Waals surface area (Å²) in [7, 11) is 0. The van der Waals surface area contributed by atoms with Crippen LogP contribution in [0.5, 0.6) is 0 Å². The lowest BCUT2D eigenvalue weighted by Gasteiger charge is -2.17. The first-order chi connectivity index (χ1) is 16.3. The van der Waals surface area contributed by atoms with Gasteiger partial charge >= 0.3 is 11.9 Å². The van der Waals surface area contributed by atoms with Crippen LogP contribution in [0.15, 0.2) is 42.5 Å². The third-order valence-corrected chi connectivity index (χ3v) is 5.72. The number of benzene rings is 2. The molecule has 0 aliphatic carbocycles. The van der Waals surface area contributed by atoms with E-state index in [-0.39, 0.29) is 18.9 Å². The molecule has 2 amide bonds. The van der Waals surface area contributed by atoms with Gasteiger partial charge in [-0.05, 0) is 48.9 Å². The van der Waals surface area contributed by atoms with E-state index in [4.69, 9.17) is 32.7 Å². The number of esters is 2. The first kappa shape index (κ1) is 25.5. The van der Waals surface area contributed by atoms with Crippen LogP contribution in [0.3, 0.4) is 0 Å². The van der Waals surface area contributed by atoms with Crippen molar-refractivity contribution in [3.8, 4) is 0 Å². The minimum Gasteiger partial charge on any atom is -0.462 e. The van der Waals surface area contributed by atoms with Gasteiger partial charge < -0.3 is 19.7 Å². The Morgan fingerprint density at radius 2 is 1.82 bits per heavy atom. The molecule has 2 aromatic rings. The smallest absolute Gasteiger partial charge is 0.338 e. The van der Waals surface area contributed by atoms with Gasteiger partial charge in [-0.2, -0.15) is 0 Å². The summed E-state index contributed by atoms with van der Waals surface area (Å²) < 4.78 is 10.3. The Morgan fingerprint density at radius 1 is 1.09 bits per heavy atom. The molecule has 1 N–H and O–H groups in total. The van der Waals surface area contributed by atoms with Crippen LogP contribution in [-0.2, 0) is 23.9 Å². The maximum atomic E-state index is 12.5. The molecule has 34 heavy (non-hydrogen) atoms. The molecule has 0 aromatic heterocycles. The van der Waals surface area contributed by atoms with Crippen molar-refractivity contribution in [2.75, 3.05) is 30.0 Å². The Hall–Kier alpha value is -3.10. The molecule has 1 saturated heterocycles. The number of halogens is 2. The highest BCUT2D eigenvalue weighted by atomic mass is 35.5. The van der Waals surface area contributed by atoms with Crippen LogP contribution in [0.2, 0.25) is 10.0 Å². The summed E-state index contributed by atoms with van der Waals surface area (Å²) in [6.07, 6.45) is 1.68. The zero-order valence-electron chi connectivity index (χ0n) is 18.5. The second-order valence-electron chi connectivity index (χ2n) is 7.72.